The number of carboxylic acid groups (broad SMARTS) is 1. The highest BCUT2D eigenvalue weighted by Gasteiger charge is 2.41. The zero-order valence-electron chi connectivity index (χ0n) is 11.5. The predicted octanol–water partition coefficient (Wildman–Crippen LogP) is 1.23. The number of carbonyl (C=O) groups is 1. The summed E-state index contributed by atoms with van der Waals surface area (Å²) in [6.07, 6.45) is -0.319. The van der Waals surface area contributed by atoms with Crippen molar-refractivity contribution < 1.29 is 23.1 Å². The maximum atomic E-state index is 12.7. The first kappa shape index (κ1) is 15.4. The number of nitrogens with zero attached hydrogens (tertiary/aromatic N) is 1. The van der Waals surface area contributed by atoms with Crippen LogP contribution in [0, 0.1) is 13.8 Å². The van der Waals surface area contributed by atoms with Gasteiger partial charge in [0, 0.05) is 16.3 Å². The number of thiophene rings is 1. The third kappa shape index (κ3) is 2.73. The molecule has 1 aromatic heterocycles. The monoisotopic (exact) mass is 319 g/mol. The summed E-state index contributed by atoms with van der Waals surface area (Å²) >= 11 is 1.39. The van der Waals surface area contributed by atoms with Crippen LogP contribution in [0.2, 0.25) is 0 Å². The number of ether oxygens (including phenoxy) is 1. The maximum absolute atomic E-state index is 12.7. The van der Waals surface area contributed by atoms with Crippen LogP contribution < -0.4 is 0 Å². The van der Waals surface area contributed by atoms with Gasteiger partial charge in [-0.05, 0) is 26.8 Å². The maximum Gasteiger partial charge on any atom is 0.324 e. The van der Waals surface area contributed by atoms with Crippen molar-refractivity contribution >= 4 is 27.3 Å². The van der Waals surface area contributed by atoms with Crippen LogP contribution in [0.5, 0.6) is 0 Å². The predicted molar refractivity (Wildman–Crippen MR) is 74.5 cm³/mol. The number of sulfonamides is 1. The highest BCUT2D eigenvalue weighted by Crippen LogP contribution is 2.30. The van der Waals surface area contributed by atoms with E-state index in [9.17, 15) is 18.3 Å². The molecule has 1 fully saturated rings. The van der Waals surface area contributed by atoms with Gasteiger partial charge in [-0.15, -0.1) is 11.3 Å². The lowest BCUT2D eigenvalue weighted by molar-refractivity contribution is -0.148. The van der Waals surface area contributed by atoms with Crippen LogP contribution in [0.15, 0.2) is 11.0 Å². The molecule has 6 nitrogen and oxygen atoms in total. The zero-order chi connectivity index (χ0) is 15.1. The summed E-state index contributed by atoms with van der Waals surface area (Å²) in [6.45, 7) is 5.20. The molecule has 1 aliphatic rings. The SMILES string of the molecule is Cc1cc(S(=O)(=O)N2C[C@@H](C)OC[C@H]2C(=O)O)c(C)s1. The van der Waals surface area contributed by atoms with E-state index in [-0.39, 0.29) is 24.2 Å². The van der Waals surface area contributed by atoms with E-state index in [1.807, 2.05) is 6.92 Å². The Morgan fingerprint density at radius 3 is 2.65 bits per heavy atom. The van der Waals surface area contributed by atoms with Crippen molar-refractivity contribution in [3.05, 3.63) is 15.8 Å². The lowest BCUT2D eigenvalue weighted by atomic mass is 10.2. The Hall–Kier alpha value is -0.960. The first-order chi connectivity index (χ1) is 9.23. The van der Waals surface area contributed by atoms with Crippen LogP contribution in [0.4, 0.5) is 0 Å². The summed E-state index contributed by atoms with van der Waals surface area (Å²) in [6, 6.07) is 0.421. The van der Waals surface area contributed by atoms with Crippen LogP contribution in [0.3, 0.4) is 0 Å². The molecule has 0 bridgehead atoms. The van der Waals surface area contributed by atoms with Gasteiger partial charge in [-0.3, -0.25) is 4.79 Å². The molecule has 0 spiro atoms. The second-order valence-corrected chi connectivity index (χ2v) is 8.17. The van der Waals surface area contributed by atoms with E-state index in [0.717, 1.165) is 9.18 Å². The Labute approximate surface area is 122 Å². The molecule has 0 unspecified atom stereocenters. The number of aliphatic carboxylic acids is 1. The largest absolute Gasteiger partial charge is 0.480 e. The van der Waals surface area contributed by atoms with E-state index >= 15 is 0 Å². The molecule has 1 aliphatic heterocycles. The second kappa shape index (κ2) is 5.44. The van der Waals surface area contributed by atoms with Crippen LogP contribution in [-0.4, -0.2) is 49.1 Å². The van der Waals surface area contributed by atoms with Gasteiger partial charge in [0.05, 0.1) is 17.6 Å². The molecule has 0 saturated carbocycles. The molecule has 1 N–H and O–H groups in total. The van der Waals surface area contributed by atoms with Gasteiger partial charge in [0.25, 0.3) is 0 Å². The number of carboxylic acids is 1. The van der Waals surface area contributed by atoms with E-state index in [1.54, 1.807) is 19.9 Å². The van der Waals surface area contributed by atoms with Crippen molar-refractivity contribution in [2.45, 2.75) is 37.8 Å². The lowest BCUT2D eigenvalue weighted by Gasteiger charge is -2.35. The van der Waals surface area contributed by atoms with Crippen LogP contribution in [0.25, 0.3) is 0 Å². The lowest BCUT2D eigenvalue weighted by Crippen LogP contribution is -2.54. The number of rotatable bonds is 3. The van der Waals surface area contributed by atoms with Gasteiger partial charge in [0.15, 0.2) is 0 Å². The van der Waals surface area contributed by atoms with Crippen molar-refractivity contribution in [2.75, 3.05) is 13.2 Å². The van der Waals surface area contributed by atoms with Gasteiger partial charge >= 0.3 is 5.97 Å². The molecule has 2 atom stereocenters. The Balaban J connectivity index is 2.45. The highest BCUT2D eigenvalue weighted by atomic mass is 32.2. The van der Waals surface area contributed by atoms with Crippen molar-refractivity contribution in [3.63, 3.8) is 0 Å². The first-order valence-corrected chi connectivity index (χ1v) is 8.42. The summed E-state index contributed by atoms with van der Waals surface area (Å²) in [7, 11) is -3.82. The van der Waals surface area contributed by atoms with Gasteiger partial charge in [-0.25, -0.2) is 8.42 Å². The van der Waals surface area contributed by atoms with Gasteiger partial charge in [0.2, 0.25) is 10.0 Å². The first-order valence-electron chi connectivity index (χ1n) is 6.16. The smallest absolute Gasteiger partial charge is 0.324 e. The highest BCUT2D eigenvalue weighted by molar-refractivity contribution is 7.89. The van der Waals surface area contributed by atoms with Gasteiger partial charge < -0.3 is 9.84 Å². The molecule has 0 amide bonds. The molecule has 20 heavy (non-hydrogen) atoms. The molecular formula is C12H17NO5S2. The molecule has 1 saturated heterocycles. The van der Waals surface area contributed by atoms with Crippen molar-refractivity contribution in [1.82, 2.24) is 4.31 Å². The standard InChI is InChI=1S/C12H17NO5S2/c1-7-5-13(10(6-18-7)12(14)15)20(16,17)11-4-8(2)19-9(11)3/h4,7,10H,5-6H2,1-3H3,(H,14,15)/t7-,10+/m1/s1. The van der Waals surface area contributed by atoms with E-state index in [4.69, 9.17) is 4.74 Å². The fraction of sp³-hybridized carbons (Fsp3) is 0.583. The van der Waals surface area contributed by atoms with Crippen LogP contribution in [0.1, 0.15) is 16.7 Å². The normalized spacial score (nSPS) is 24.8. The van der Waals surface area contributed by atoms with Gasteiger partial charge in [-0.2, -0.15) is 4.31 Å². The fourth-order valence-corrected chi connectivity index (χ4v) is 5.39. The minimum absolute atomic E-state index is 0.0492. The summed E-state index contributed by atoms with van der Waals surface area (Å²) in [5.74, 6) is -1.19. The summed E-state index contributed by atoms with van der Waals surface area (Å²) < 4.78 is 31.7. The molecule has 2 heterocycles. The minimum atomic E-state index is -3.82. The number of aryl methyl sites for hydroxylation is 2. The molecule has 0 radical (unpaired) electrons. The van der Waals surface area contributed by atoms with Gasteiger partial charge in [0.1, 0.15) is 6.04 Å². The molecule has 112 valence electrons. The van der Waals surface area contributed by atoms with Crippen LogP contribution >= 0.6 is 11.3 Å². The number of hydrogen-bond donors (Lipinski definition) is 1. The summed E-state index contributed by atoms with van der Waals surface area (Å²) in [5.41, 5.74) is 0. The minimum Gasteiger partial charge on any atom is -0.480 e. The average Bonchev–Trinajstić information content (AvgIpc) is 2.68. The number of morpholine rings is 1. The molecule has 2 rings (SSSR count). The van der Waals surface area contributed by atoms with E-state index in [1.165, 1.54) is 11.3 Å². The average molecular weight is 319 g/mol. The van der Waals surface area contributed by atoms with Crippen LogP contribution in [-0.2, 0) is 19.6 Å². The zero-order valence-corrected chi connectivity index (χ0v) is 13.1. The van der Waals surface area contributed by atoms with E-state index < -0.39 is 22.0 Å². The van der Waals surface area contributed by atoms with Crippen molar-refractivity contribution in [3.8, 4) is 0 Å². The quantitative estimate of drug-likeness (QED) is 0.906. The van der Waals surface area contributed by atoms with Gasteiger partial charge in [-0.1, -0.05) is 0 Å². The molecule has 8 heteroatoms. The third-order valence-electron chi connectivity index (χ3n) is 3.19. The molecular weight excluding hydrogens is 302 g/mol. The third-order valence-corrected chi connectivity index (χ3v) is 6.29. The van der Waals surface area contributed by atoms with E-state index in [0.29, 0.717) is 4.88 Å². The summed E-state index contributed by atoms with van der Waals surface area (Å²) in [5, 5.41) is 9.20. The Morgan fingerprint density at radius 1 is 1.50 bits per heavy atom. The number of hydrogen-bond acceptors (Lipinski definition) is 5. The van der Waals surface area contributed by atoms with Crippen molar-refractivity contribution in [1.29, 1.82) is 0 Å². The topological polar surface area (TPSA) is 83.9 Å². The Morgan fingerprint density at radius 2 is 2.15 bits per heavy atom. The Kier molecular flexibility index (Phi) is 4.19. The second-order valence-electron chi connectivity index (χ2n) is 4.85. The molecule has 0 aliphatic carbocycles. The van der Waals surface area contributed by atoms with Crippen molar-refractivity contribution in [2.24, 2.45) is 0 Å². The van der Waals surface area contributed by atoms with E-state index in [2.05, 4.69) is 0 Å². The fourth-order valence-electron chi connectivity index (χ4n) is 2.22. The molecule has 1 aromatic rings. The Bertz CT molecular complexity index is 622. The summed E-state index contributed by atoms with van der Waals surface area (Å²) in [4.78, 5) is 13.0. The molecule has 0 aromatic carbocycles.